The number of hydrogen-bond donors (Lipinski definition) is 1. The van der Waals surface area contributed by atoms with Gasteiger partial charge in [-0.2, -0.15) is 0 Å². The molecule has 0 fully saturated rings. The Hall–Kier alpha value is -3.07. The highest BCUT2D eigenvalue weighted by Gasteiger charge is 2.17. The van der Waals surface area contributed by atoms with Crippen molar-refractivity contribution < 1.29 is 9.53 Å². The summed E-state index contributed by atoms with van der Waals surface area (Å²) in [6.07, 6.45) is 0. The van der Waals surface area contributed by atoms with Gasteiger partial charge in [0.2, 0.25) is 0 Å². The number of benzene rings is 3. The molecule has 144 valence electrons. The van der Waals surface area contributed by atoms with Crippen LogP contribution >= 0.6 is 0 Å². The summed E-state index contributed by atoms with van der Waals surface area (Å²) in [6, 6.07) is 22.1. The van der Waals surface area contributed by atoms with E-state index in [-0.39, 0.29) is 18.6 Å². The van der Waals surface area contributed by atoms with Crippen molar-refractivity contribution >= 4 is 5.91 Å². The van der Waals surface area contributed by atoms with Gasteiger partial charge in [0, 0.05) is 0 Å². The molecular formula is C25H27NO2. The van der Waals surface area contributed by atoms with E-state index in [0.717, 1.165) is 33.6 Å². The molecule has 3 aromatic carbocycles. The van der Waals surface area contributed by atoms with E-state index in [1.165, 1.54) is 5.56 Å². The Balaban J connectivity index is 1.76. The maximum Gasteiger partial charge on any atom is 0.258 e. The molecule has 1 amide bonds. The van der Waals surface area contributed by atoms with Crippen molar-refractivity contribution in [1.29, 1.82) is 0 Å². The molecule has 3 aromatic rings. The van der Waals surface area contributed by atoms with E-state index in [0.29, 0.717) is 0 Å². The summed E-state index contributed by atoms with van der Waals surface area (Å²) in [5, 5.41) is 3.12. The van der Waals surface area contributed by atoms with Gasteiger partial charge >= 0.3 is 0 Å². The van der Waals surface area contributed by atoms with Crippen molar-refractivity contribution in [3.8, 4) is 5.75 Å². The predicted octanol–water partition coefficient (Wildman–Crippen LogP) is 5.20. The van der Waals surface area contributed by atoms with Crippen molar-refractivity contribution in [3.05, 3.63) is 100 Å². The second-order valence-electron chi connectivity index (χ2n) is 7.32. The van der Waals surface area contributed by atoms with Gasteiger partial charge in [-0.05, 0) is 61.6 Å². The van der Waals surface area contributed by atoms with Gasteiger partial charge in [-0.25, -0.2) is 0 Å². The zero-order valence-electron chi connectivity index (χ0n) is 17.0. The van der Waals surface area contributed by atoms with Gasteiger partial charge in [0.05, 0.1) is 6.04 Å². The summed E-state index contributed by atoms with van der Waals surface area (Å²) >= 11 is 0. The molecule has 0 saturated carbocycles. The second kappa shape index (κ2) is 8.75. The monoisotopic (exact) mass is 373 g/mol. The molecule has 0 aliphatic heterocycles. The Morgan fingerprint density at radius 2 is 1.50 bits per heavy atom. The minimum atomic E-state index is -0.210. The summed E-state index contributed by atoms with van der Waals surface area (Å²) in [5.74, 6) is 0.618. The van der Waals surface area contributed by atoms with E-state index in [9.17, 15) is 4.79 Å². The number of carbonyl (C=O) groups is 1. The SMILES string of the molecule is Cc1ccc([C@@H](NC(=O)COc2cc(C)cc(C)c2C)c2ccccc2)cc1. The summed E-state index contributed by atoms with van der Waals surface area (Å²) in [6.45, 7) is 8.14. The summed E-state index contributed by atoms with van der Waals surface area (Å²) in [7, 11) is 0. The average molecular weight is 373 g/mol. The molecule has 0 aromatic heterocycles. The molecule has 3 nitrogen and oxygen atoms in total. The van der Waals surface area contributed by atoms with Crippen molar-refractivity contribution in [2.45, 2.75) is 33.7 Å². The van der Waals surface area contributed by atoms with E-state index >= 15 is 0 Å². The third kappa shape index (κ3) is 4.80. The molecule has 1 N–H and O–H groups in total. The molecule has 0 bridgehead atoms. The molecule has 0 radical (unpaired) electrons. The molecule has 0 spiro atoms. The highest BCUT2D eigenvalue weighted by Crippen LogP contribution is 2.24. The Morgan fingerprint density at radius 1 is 0.857 bits per heavy atom. The van der Waals surface area contributed by atoms with Gasteiger partial charge in [0.15, 0.2) is 6.61 Å². The lowest BCUT2D eigenvalue weighted by Gasteiger charge is -2.20. The number of amides is 1. The van der Waals surface area contributed by atoms with Gasteiger partial charge in [-0.3, -0.25) is 4.79 Å². The Kier molecular flexibility index (Phi) is 6.15. The quantitative estimate of drug-likeness (QED) is 0.644. The van der Waals surface area contributed by atoms with Crippen molar-refractivity contribution in [2.24, 2.45) is 0 Å². The van der Waals surface area contributed by atoms with Gasteiger partial charge < -0.3 is 10.1 Å². The zero-order chi connectivity index (χ0) is 20.1. The van der Waals surface area contributed by atoms with Crippen LogP contribution in [0.4, 0.5) is 0 Å². The van der Waals surface area contributed by atoms with Crippen molar-refractivity contribution in [3.63, 3.8) is 0 Å². The van der Waals surface area contributed by atoms with E-state index in [1.54, 1.807) is 0 Å². The van der Waals surface area contributed by atoms with Gasteiger partial charge in [0.25, 0.3) is 5.91 Å². The first-order chi connectivity index (χ1) is 13.4. The molecule has 28 heavy (non-hydrogen) atoms. The average Bonchev–Trinajstić information content (AvgIpc) is 2.69. The largest absolute Gasteiger partial charge is 0.483 e. The van der Waals surface area contributed by atoms with Crippen molar-refractivity contribution in [2.75, 3.05) is 6.61 Å². The lowest BCUT2D eigenvalue weighted by molar-refractivity contribution is -0.123. The van der Waals surface area contributed by atoms with Crippen LogP contribution in [0.15, 0.2) is 66.7 Å². The van der Waals surface area contributed by atoms with Crippen LogP contribution in [0.25, 0.3) is 0 Å². The molecule has 3 heteroatoms. The molecule has 0 saturated heterocycles. The highest BCUT2D eigenvalue weighted by atomic mass is 16.5. The molecule has 0 unspecified atom stereocenters. The lowest BCUT2D eigenvalue weighted by Crippen LogP contribution is -2.33. The van der Waals surface area contributed by atoms with E-state index in [1.807, 2.05) is 50.2 Å². The van der Waals surface area contributed by atoms with Crippen LogP contribution in [0.5, 0.6) is 5.75 Å². The fourth-order valence-corrected chi connectivity index (χ4v) is 3.26. The molecular weight excluding hydrogens is 346 g/mol. The summed E-state index contributed by atoms with van der Waals surface area (Å²) < 4.78 is 5.84. The van der Waals surface area contributed by atoms with Gasteiger partial charge in [-0.15, -0.1) is 0 Å². The second-order valence-corrected chi connectivity index (χ2v) is 7.32. The predicted molar refractivity (Wildman–Crippen MR) is 114 cm³/mol. The van der Waals surface area contributed by atoms with Gasteiger partial charge in [0.1, 0.15) is 5.75 Å². The molecule has 0 aliphatic carbocycles. The minimum absolute atomic E-state index is 0.0150. The molecule has 1 atom stereocenters. The maximum absolute atomic E-state index is 12.7. The van der Waals surface area contributed by atoms with Crippen LogP contribution < -0.4 is 10.1 Å². The zero-order valence-corrected chi connectivity index (χ0v) is 17.0. The first kappa shape index (κ1) is 19.7. The van der Waals surface area contributed by atoms with Crippen LogP contribution in [0.1, 0.15) is 39.4 Å². The number of rotatable bonds is 6. The van der Waals surface area contributed by atoms with Gasteiger partial charge in [-0.1, -0.05) is 66.2 Å². The Labute approximate surface area is 167 Å². The number of hydrogen-bond acceptors (Lipinski definition) is 2. The van der Waals surface area contributed by atoms with Crippen LogP contribution in [0, 0.1) is 27.7 Å². The molecule has 0 aliphatic rings. The van der Waals surface area contributed by atoms with Crippen LogP contribution in [-0.4, -0.2) is 12.5 Å². The highest BCUT2D eigenvalue weighted by molar-refractivity contribution is 5.78. The third-order valence-corrected chi connectivity index (χ3v) is 4.97. The van der Waals surface area contributed by atoms with Crippen LogP contribution in [-0.2, 0) is 4.79 Å². The van der Waals surface area contributed by atoms with Crippen molar-refractivity contribution in [1.82, 2.24) is 5.32 Å². The van der Waals surface area contributed by atoms with E-state index in [2.05, 4.69) is 49.5 Å². The Morgan fingerprint density at radius 3 is 2.18 bits per heavy atom. The first-order valence-corrected chi connectivity index (χ1v) is 9.55. The maximum atomic E-state index is 12.7. The smallest absolute Gasteiger partial charge is 0.258 e. The standard InChI is InChI=1S/C25H27NO2/c1-17-10-12-22(13-11-17)25(21-8-6-5-7-9-21)26-24(27)16-28-23-15-18(2)14-19(3)20(23)4/h5-15,25H,16H2,1-4H3,(H,26,27)/t25-/m0/s1. The van der Waals surface area contributed by atoms with Crippen LogP contribution in [0.3, 0.4) is 0 Å². The number of ether oxygens (including phenoxy) is 1. The molecule has 0 heterocycles. The third-order valence-electron chi connectivity index (χ3n) is 4.97. The van der Waals surface area contributed by atoms with Crippen LogP contribution in [0.2, 0.25) is 0 Å². The number of carbonyl (C=O) groups excluding carboxylic acids is 1. The fourth-order valence-electron chi connectivity index (χ4n) is 3.26. The topological polar surface area (TPSA) is 38.3 Å². The fraction of sp³-hybridized carbons (Fsp3) is 0.240. The number of aryl methyl sites for hydroxylation is 3. The minimum Gasteiger partial charge on any atom is -0.483 e. The lowest BCUT2D eigenvalue weighted by atomic mass is 9.98. The first-order valence-electron chi connectivity index (χ1n) is 9.55. The summed E-state index contributed by atoms with van der Waals surface area (Å²) in [4.78, 5) is 12.7. The number of nitrogens with one attached hydrogen (secondary N) is 1. The van der Waals surface area contributed by atoms with E-state index < -0.39 is 0 Å². The summed E-state index contributed by atoms with van der Waals surface area (Å²) in [5.41, 5.74) is 6.64. The normalized spacial score (nSPS) is 11.7. The molecule has 3 rings (SSSR count). The Bertz CT molecular complexity index is 946. The van der Waals surface area contributed by atoms with E-state index in [4.69, 9.17) is 4.74 Å².